The van der Waals surface area contributed by atoms with Crippen molar-refractivity contribution in [3.63, 3.8) is 0 Å². The van der Waals surface area contributed by atoms with Crippen LogP contribution in [0.2, 0.25) is 0 Å². The van der Waals surface area contributed by atoms with Crippen molar-refractivity contribution in [2.45, 2.75) is 18.9 Å². The molecule has 0 spiro atoms. The number of phenols is 1. The first-order valence-electron chi connectivity index (χ1n) is 12.7. The van der Waals surface area contributed by atoms with Crippen LogP contribution >= 0.6 is 0 Å². The Morgan fingerprint density at radius 1 is 0.974 bits per heavy atom. The molecule has 38 heavy (non-hydrogen) atoms. The lowest BCUT2D eigenvalue weighted by Gasteiger charge is -2.38. The van der Waals surface area contributed by atoms with Gasteiger partial charge in [-0.15, -0.1) is 0 Å². The molecule has 4 aromatic rings. The number of carbonyl (C=O) groups excluding carboxylic acids is 2. The van der Waals surface area contributed by atoms with Crippen LogP contribution in [0.25, 0.3) is 0 Å². The van der Waals surface area contributed by atoms with Crippen LogP contribution in [0.15, 0.2) is 79.0 Å². The van der Waals surface area contributed by atoms with Crippen molar-refractivity contribution in [2.75, 3.05) is 19.7 Å². The average Bonchev–Trinajstić information content (AvgIpc) is 3.48. The maximum atomic E-state index is 13.5. The Balaban J connectivity index is 1.43. The summed E-state index contributed by atoms with van der Waals surface area (Å²) in [7, 11) is 0. The first-order chi connectivity index (χ1) is 18.6. The Morgan fingerprint density at radius 3 is 2.71 bits per heavy atom. The summed E-state index contributed by atoms with van der Waals surface area (Å²) in [5.41, 5.74) is 3.74. The Hall–Kier alpha value is -4.72. The molecule has 3 aliphatic rings. The molecule has 8 bridgehead atoms. The molecule has 0 fully saturated rings. The lowest BCUT2D eigenvalue weighted by atomic mass is 9.87. The monoisotopic (exact) mass is 509 g/mol. The summed E-state index contributed by atoms with van der Waals surface area (Å²) in [5.74, 6) is 1.20. The number of amides is 2. The predicted octanol–water partition coefficient (Wildman–Crippen LogP) is 4.81. The molecule has 1 unspecified atom stereocenters. The normalized spacial score (nSPS) is 17.0. The zero-order valence-electron chi connectivity index (χ0n) is 20.6. The number of carbonyl (C=O) groups is 2. The SMILES string of the molecule is O=C1NCCCOc2cccc(c2)C2c3ccc(cc3CCN2C(=O)c2ccc[nH]2)Oc2ccc(O)c1c2. The Kier molecular flexibility index (Phi) is 6.21. The molecule has 3 aliphatic heterocycles. The number of nitrogens with one attached hydrogen (secondary N) is 2. The first-order valence-corrected chi connectivity index (χ1v) is 12.7. The fraction of sp³-hybridized carbons (Fsp3) is 0.200. The fourth-order valence-corrected chi connectivity index (χ4v) is 5.09. The van der Waals surface area contributed by atoms with Gasteiger partial charge in [-0.1, -0.05) is 18.2 Å². The highest BCUT2D eigenvalue weighted by Crippen LogP contribution is 2.39. The van der Waals surface area contributed by atoms with Crippen LogP contribution in [-0.4, -0.2) is 46.5 Å². The smallest absolute Gasteiger partial charge is 0.271 e. The van der Waals surface area contributed by atoms with Gasteiger partial charge >= 0.3 is 0 Å². The summed E-state index contributed by atoms with van der Waals surface area (Å²) >= 11 is 0. The van der Waals surface area contributed by atoms with E-state index in [0.717, 1.165) is 16.7 Å². The highest BCUT2D eigenvalue weighted by Gasteiger charge is 2.33. The van der Waals surface area contributed by atoms with Crippen molar-refractivity contribution in [1.82, 2.24) is 15.2 Å². The van der Waals surface area contributed by atoms with E-state index in [0.29, 0.717) is 55.5 Å². The van der Waals surface area contributed by atoms with Gasteiger partial charge in [0.1, 0.15) is 28.7 Å². The van der Waals surface area contributed by atoms with E-state index < -0.39 is 0 Å². The number of aromatic hydroxyl groups is 1. The molecular weight excluding hydrogens is 482 g/mol. The van der Waals surface area contributed by atoms with Crippen molar-refractivity contribution in [3.05, 3.63) is 107 Å². The molecular formula is C30H27N3O5. The highest BCUT2D eigenvalue weighted by atomic mass is 16.5. The largest absolute Gasteiger partial charge is 0.507 e. The van der Waals surface area contributed by atoms with Gasteiger partial charge in [0.15, 0.2) is 0 Å². The van der Waals surface area contributed by atoms with Crippen molar-refractivity contribution in [1.29, 1.82) is 0 Å². The number of rotatable bonds is 1. The highest BCUT2D eigenvalue weighted by molar-refractivity contribution is 5.97. The zero-order valence-corrected chi connectivity index (χ0v) is 20.6. The van der Waals surface area contributed by atoms with Gasteiger partial charge in [-0.2, -0.15) is 0 Å². The number of benzene rings is 3. The van der Waals surface area contributed by atoms with Crippen LogP contribution < -0.4 is 14.8 Å². The minimum Gasteiger partial charge on any atom is -0.507 e. The zero-order chi connectivity index (χ0) is 26.1. The van der Waals surface area contributed by atoms with Gasteiger partial charge in [0.25, 0.3) is 11.8 Å². The summed E-state index contributed by atoms with van der Waals surface area (Å²) in [5, 5.41) is 13.1. The van der Waals surface area contributed by atoms with Gasteiger partial charge in [-0.25, -0.2) is 0 Å². The lowest BCUT2D eigenvalue weighted by molar-refractivity contribution is 0.0688. The lowest BCUT2D eigenvalue weighted by Crippen LogP contribution is -2.40. The van der Waals surface area contributed by atoms with Crippen LogP contribution in [0.5, 0.6) is 23.0 Å². The summed E-state index contributed by atoms with van der Waals surface area (Å²) in [4.78, 5) is 31.1. The quantitative estimate of drug-likeness (QED) is 0.342. The van der Waals surface area contributed by atoms with Crippen LogP contribution in [-0.2, 0) is 6.42 Å². The van der Waals surface area contributed by atoms with Crippen LogP contribution in [0.4, 0.5) is 0 Å². The number of nitrogens with zero attached hydrogens (tertiary/aromatic N) is 1. The van der Waals surface area contributed by atoms with E-state index in [1.165, 1.54) is 12.1 Å². The Labute approximate surface area is 219 Å². The van der Waals surface area contributed by atoms with Crippen molar-refractivity contribution in [2.24, 2.45) is 0 Å². The first kappa shape index (κ1) is 23.7. The fourth-order valence-electron chi connectivity index (χ4n) is 5.09. The van der Waals surface area contributed by atoms with E-state index in [1.54, 1.807) is 18.3 Å². The molecule has 0 saturated carbocycles. The summed E-state index contributed by atoms with van der Waals surface area (Å²) in [6.45, 7) is 1.32. The molecule has 1 aromatic heterocycles. The van der Waals surface area contributed by atoms with Crippen molar-refractivity contribution < 1.29 is 24.2 Å². The number of aromatic nitrogens is 1. The van der Waals surface area contributed by atoms with Crippen molar-refractivity contribution in [3.8, 4) is 23.0 Å². The average molecular weight is 510 g/mol. The molecule has 192 valence electrons. The molecule has 2 amide bonds. The van der Waals surface area contributed by atoms with Crippen LogP contribution in [0.3, 0.4) is 0 Å². The van der Waals surface area contributed by atoms with Gasteiger partial charge in [0, 0.05) is 19.3 Å². The molecule has 0 saturated heterocycles. The number of hydrogen-bond donors (Lipinski definition) is 3. The van der Waals surface area contributed by atoms with Crippen LogP contribution in [0, 0.1) is 0 Å². The van der Waals surface area contributed by atoms with E-state index in [-0.39, 0.29) is 29.2 Å². The van der Waals surface area contributed by atoms with E-state index >= 15 is 0 Å². The number of phenolic OH excluding ortho intramolecular Hbond substituents is 1. The molecule has 3 N–H and O–H groups in total. The molecule has 8 heteroatoms. The third-order valence-electron chi connectivity index (χ3n) is 6.93. The second-order valence-electron chi connectivity index (χ2n) is 9.41. The standard InChI is InChI=1S/C30H27N3O5/c34-27-10-8-23-18-25(27)29(35)32-13-3-15-37-21-5-1-4-20(17-21)28-24-9-7-22(38-23)16-19(24)11-14-33(28)30(36)26-6-2-12-31-26/h1-2,4-10,12,16-18,28,31,34H,3,11,13-15H2,(H,32,35). The summed E-state index contributed by atoms with van der Waals surface area (Å²) in [6, 6.07) is 21.6. The minimum absolute atomic E-state index is 0.0631. The Bertz CT molecular complexity index is 1500. The summed E-state index contributed by atoms with van der Waals surface area (Å²) < 4.78 is 12.1. The number of H-pyrrole nitrogens is 1. The third kappa shape index (κ3) is 4.56. The van der Waals surface area contributed by atoms with Crippen LogP contribution in [0.1, 0.15) is 50.0 Å². The topological polar surface area (TPSA) is 104 Å². The Morgan fingerprint density at radius 2 is 1.84 bits per heavy atom. The molecule has 0 aliphatic carbocycles. The minimum atomic E-state index is -0.379. The molecule has 7 rings (SSSR count). The van der Waals surface area contributed by atoms with Gasteiger partial charge in [0.05, 0.1) is 18.2 Å². The van der Waals surface area contributed by atoms with Gasteiger partial charge in [0.2, 0.25) is 0 Å². The van der Waals surface area contributed by atoms with E-state index in [1.807, 2.05) is 53.4 Å². The van der Waals surface area contributed by atoms with Gasteiger partial charge < -0.3 is 29.8 Å². The van der Waals surface area contributed by atoms with Crippen molar-refractivity contribution >= 4 is 11.8 Å². The van der Waals surface area contributed by atoms with E-state index in [9.17, 15) is 14.7 Å². The van der Waals surface area contributed by atoms with E-state index in [4.69, 9.17) is 9.47 Å². The number of hydrogen-bond acceptors (Lipinski definition) is 5. The van der Waals surface area contributed by atoms with Gasteiger partial charge in [-0.05, 0) is 84.1 Å². The summed E-state index contributed by atoms with van der Waals surface area (Å²) in [6.07, 6.45) is 3.00. The maximum Gasteiger partial charge on any atom is 0.271 e. The molecule has 3 aromatic carbocycles. The van der Waals surface area contributed by atoms with Gasteiger partial charge in [-0.3, -0.25) is 9.59 Å². The third-order valence-corrected chi connectivity index (χ3v) is 6.93. The maximum absolute atomic E-state index is 13.5. The molecule has 8 nitrogen and oxygen atoms in total. The number of aromatic amines is 1. The predicted molar refractivity (Wildman–Crippen MR) is 141 cm³/mol. The van der Waals surface area contributed by atoms with E-state index in [2.05, 4.69) is 10.3 Å². The molecule has 4 heterocycles. The number of fused-ring (bicyclic) bond motifs is 6. The molecule has 0 radical (unpaired) electrons. The second-order valence-corrected chi connectivity index (χ2v) is 9.41. The molecule has 1 atom stereocenters. The second kappa shape index (κ2) is 9.97. The number of ether oxygens (including phenoxy) is 2.